The second-order valence-electron chi connectivity index (χ2n) is 4.24. The number of nitrogens with two attached hydrogens (primary N) is 1. The molecule has 0 spiro atoms. The first-order valence-corrected chi connectivity index (χ1v) is 5.75. The molecule has 0 radical (unpaired) electrons. The number of rotatable bonds is 3. The molecule has 0 aliphatic heterocycles. The molecule has 1 aromatic carbocycles. The molecule has 3 N–H and O–H groups in total. The quantitative estimate of drug-likeness (QED) is 0.500. The van der Waals surface area contributed by atoms with E-state index in [9.17, 15) is 14.9 Å². The predicted molar refractivity (Wildman–Crippen MR) is 73.4 cm³/mol. The first-order valence-electron chi connectivity index (χ1n) is 5.75. The third-order valence-electron chi connectivity index (χ3n) is 2.77. The lowest BCUT2D eigenvalue weighted by molar-refractivity contribution is -0.383. The van der Waals surface area contributed by atoms with Gasteiger partial charge in [0.05, 0.1) is 16.2 Å². The van der Waals surface area contributed by atoms with Crippen molar-refractivity contribution >= 4 is 23.1 Å². The number of nitro groups is 1. The minimum Gasteiger partial charge on any atom is -0.393 e. The van der Waals surface area contributed by atoms with E-state index in [1.54, 1.807) is 20.0 Å². The van der Waals surface area contributed by atoms with Crippen LogP contribution < -0.4 is 11.1 Å². The highest BCUT2D eigenvalue weighted by atomic mass is 16.6. The number of carbonyl (C=O) groups is 1. The highest BCUT2D eigenvalue weighted by Gasteiger charge is 2.19. The third-order valence-corrected chi connectivity index (χ3v) is 2.77. The Bertz CT molecular complexity index is 692. The molecule has 0 atom stereocenters. The minimum absolute atomic E-state index is 0.0538. The molecule has 104 valence electrons. The summed E-state index contributed by atoms with van der Waals surface area (Å²) >= 11 is 0. The SMILES string of the molecule is Cc1cc(NC(=O)c2cccc([N+](=O)[O-])c2N)n(C)n1. The van der Waals surface area contributed by atoms with Gasteiger partial charge in [-0.15, -0.1) is 0 Å². The maximum atomic E-state index is 12.1. The molecule has 0 saturated carbocycles. The number of aryl methyl sites for hydroxylation is 2. The lowest BCUT2D eigenvalue weighted by Gasteiger charge is -2.07. The number of nitrogens with zero attached hydrogens (tertiary/aromatic N) is 3. The second kappa shape index (κ2) is 5.00. The van der Waals surface area contributed by atoms with Crippen LogP contribution in [-0.4, -0.2) is 20.6 Å². The molecular formula is C12H13N5O3. The van der Waals surface area contributed by atoms with Crippen molar-refractivity contribution < 1.29 is 9.72 Å². The Hall–Kier alpha value is -2.90. The molecule has 8 nitrogen and oxygen atoms in total. The molecule has 0 aliphatic carbocycles. The zero-order chi connectivity index (χ0) is 14.9. The Kier molecular flexibility index (Phi) is 3.38. The molecule has 1 heterocycles. The fraction of sp³-hybridized carbons (Fsp3) is 0.167. The highest BCUT2D eigenvalue weighted by molar-refractivity contribution is 6.08. The Labute approximate surface area is 114 Å². The smallest absolute Gasteiger partial charge is 0.292 e. The van der Waals surface area contributed by atoms with Gasteiger partial charge < -0.3 is 11.1 Å². The van der Waals surface area contributed by atoms with Gasteiger partial charge >= 0.3 is 0 Å². The van der Waals surface area contributed by atoms with Crippen LogP contribution in [0.5, 0.6) is 0 Å². The van der Waals surface area contributed by atoms with E-state index in [2.05, 4.69) is 10.4 Å². The van der Waals surface area contributed by atoms with E-state index >= 15 is 0 Å². The Balaban J connectivity index is 2.32. The number of nitrogens with one attached hydrogen (secondary N) is 1. The predicted octanol–water partition coefficient (Wildman–Crippen LogP) is 1.47. The molecular weight excluding hydrogens is 262 g/mol. The van der Waals surface area contributed by atoms with E-state index in [0.717, 1.165) is 5.69 Å². The van der Waals surface area contributed by atoms with Gasteiger partial charge in [0.2, 0.25) is 0 Å². The summed E-state index contributed by atoms with van der Waals surface area (Å²) in [7, 11) is 1.68. The number of hydrogen-bond donors (Lipinski definition) is 2. The number of amides is 1. The molecule has 1 amide bonds. The molecule has 2 rings (SSSR count). The van der Waals surface area contributed by atoms with Crippen molar-refractivity contribution in [1.29, 1.82) is 0 Å². The van der Waals surface area contributed by atoms with E-state index < -0.39 is 10.8 Å². The second-order valence-corrected chi connectivity index (χ2v) is 4.24. The summed E-state index contributed by atoms with van der Waals surface area (Å²) in [5, 5.41) is 17.5. The molecule has 20 heavy (non-hydrogen) atoms. The number of hydrogen-bond acceptors (Lipinski definition) is 5. The topological polar surface area (TPSA) is 116 Å². The van der Waals surface area contributed by atoms with Crippen LogP contribution in [0, 0.1) is 17.0 Å². The normalized spacial score (nSPS) is 10.3. The first kappa shape index (κ1) is 13.5. The van der Waals surface area contributed by atoms with E-state index in [4.69, 9.17) is 5.73 Å². The number of para-hydroxylation sites is 1. The number of anilines is 2. The van der Waals surface area contributed by atoms with E-state index in [-0.39, 0.29) is 16.9 Å². The van der Waals surface area contributed by atoms with Gasteiger partial charge in [0.1, 0.15) is 11.5 Å². The van der Waals surface area contributed by atoms with Crippen molar-refractivity contribution in [3.05, 3.63) is 45.6 Å². The lowest BCUT2D eigenvalue weighted by atomic mass is 10.1. The number of nitrogen functional groups attached to an aromatic ring is 1. The number of aromatic nitrogens is 2. The number of nitro benzene ring substituents is 1. The zero-order valence-corrected chi connectivity index (χ0v) is 11.0. The van der Waals surface area contributed by atoms with Crippen LogP contribution in [0.15, 0.2) is 24.3 Å². The van der Waals surface area contributed by atoms with Crippen molar-refractivity contribution in [2.45, 2.75) is 6.92 Å². The average molecular weight is 275 g/mol. The van der Waals surface area contributed by atoms with Crippen LogP contribution in [0.4, 0.5) is 17.2 Å². The summed E-state index contributed by atoms with van der Waals surface area (Å²) in [6.45, 7) is 1.79. The standard InChI is InChI=1S/C12H13N5O3/c1-7-6-10(16(2)15-7)14-12(18)8-4-3-5-9(11(8)13)17(19)20/h3-6H,13H2,1-2H3,(H,14,18). The lowest BCUT2D eigenvalue weighted by Crippen LogP contribution is -2.16. The highest BCUT2D eigenvalue weighted by Crippen LogP contribution is 2.25. The van der Waals surface area contributed by atoms with Crippen molar-refractivity contribution in [1.82, 2.24) is 9.78 Å². The monoisotopic (exact) mass is 275 g/mol. The number of benzene rings is 1. The summed E-state index contributed by atoms with van der Waals surface area (Å²) in [4.78, 5) is 22.3. The summed E-state index contributed by atoms with van der Waals surface area (Å²) in [5.41, 5.74) is 6.00. The van der Waals surface area contributed by atoms with Gasteiger partial charge in [-0.2, -0.15) is 5.10 Å². The maximum Gasteiger partial charge on any atom is 0.292 e. The molecule has 0 aliphatic rings. The van der Waals surface area contributed by atoms with Crippen molar-refractivity contribution in [3.63, 3.8) is 0 Å². The van der Waals surface area contributed by atoms with Crippen molar-refractivity contribution in [3.8, 4) is 0 Å². The van der Waals surface area contributed by atoms with Crippen LogP contribution in [-0.2, 0) is 7.05 Å². The van der Waals surface area contributed by atoms with Crippen LogP contribution in [0.2, 0.25) is 0 Å². The van der Waals surface area contributed by atoms with E-state index in [1.165, 1.54) is 22.9 Å². The number of carbonyl (C=O) groups excluding carboxylic acids is 1. The van der Waals surface area contributed by atoms with Gasteiger partial charge in [-0.1, -0.05) is 6.07 Å². The minimum atomic E-state index is -0.625. The summed E-state index contributed by atoms with van der Waals surface area (Å²) in [6, 6.07) is 5.78. The summed E-state index contributed by atoms with van der Waals surface area (Å²) < 4.78 is 1.50. The molecule has 2 aromatic rings. The average Bonchev–Trinajstić information content (AvgIpc) is 2.67. The van der Waals surface area contributed by atoms with Gasteiger partial charge in [-0.05, 0) is 13.0 Å². The van der Waals surface area contributed by atoms with Crippen LogP contribution >= 0.6 is 0 Å². The molecule has 8 heteroatoms. The van der Waals surface area contributed by atoms with Crippen molar-refractivity contribution in [2.75, 3.05) is 11.1 Å². The van der Waals surface area contributed by atoms with Gasteiger partial charge in [0.25, 0.3) is 11.6 Å². The van der Waals surface area contributed by atoms with Gasteiger partial charge in [-0.3, -0.25) is 19.6 Å². The van der Waals surface area contributed by atoms with Crippen LogP contribution in [0.1, 0.15) is 16.1 Å². The third kappa shape index (κ3) is 2.44. The fourth-order valence-electron chi connectivity index (χ4n) is 1.82. The van der Waals surface area contributed by atoms with Crippen LogP contribution in [0.25, 0.3) is 0 Å². The Morgan fingerprint density at radius 3 is 2.75 bits per heavy atom. The maximum absolute atomic E-state index is 12.1. The molecule has 0 bridgehead atoms. The Morgan fingerprint density at radius 1 is 1.50 bits per heavy atom. The van der Waals surface area contributed by atoms with Gasteiger partial charge in [0.15, 0.2) is 0 Å². The molecule has 1 aromatic heterocycles. The van der Waals surface area contributed by atoms with E-state index in [0.29, 0.717) is 5.82 Å². The van der Waals surface area contributed by atoms with Gasteiger partial charge in [-0.25, -0.2) is 0 Å². The first-order chi connectivity index (χ1) is 9.40. The van der Waals surface area contributed by atoms with E-state index in [1.807, 2.05) is 0 Å². The summed E-state index contributed by atoms with van der Waals surface area (Å²) in [5.74, 6) is -0.0346. The van der Waals surface area contributed by atoms with Crippen molar-refractivity contribution in [2.24, 2.45) is 7.05 Å². The fourth-order valence-corrected chi connectivity index (χ4v) is 1.82. The zero-order valence-electron chi connectivity index (χ0n) is 11.0. The van der Waals surface area contributed by atoms with Crippen LogP contribution in [0.3, 0.4) is 0 Å². The molecule has 0 saturated heterocycles. The summed E-state index contributed by atoms with van der Waals surface area (Å²) in [6.07, 6.45) is 0. The largest absolute Gasteiger partial charge is 0.393 e. The van der Waals surface area contributed by atoms with Gasteiger partial charge in [0, 0.05) is 19.2 Å². The molecule has 0 unspecified atom stereocenters. The molecule has 0 fully saturated rings. The Morgan fingerprint density at radius 2 is 2.20 bits per heavy atom.